The van der Waals surface area contributed by atoms with Crippen LogP contribution in [0.15, 0.2) is 42.9 Å². The van der Waals surface area contributed by atoms with Crippen molar-refractivity contribution in [2.24, 2.45) is 0 Å². The second-order valence-electron chi connectivity index (χ2n) is 7.68. The Morgan fingerprint density at radius 1 is 1.00 bits per heavy atom. The molecule has 1 aliphatic heterocycles. The third-order valence-corrected chi connectivity index (χ3v) is 5.02. The Labute approximate surface area is 190 Å². The lowest BCUT2D eigenvalue weighted by atomic mass is 9.99. The molecule has 4 heterocycles. The van der Waals surface area contributed by atoms with Crippen LogP contribution in [0.5, 0.6) is 0 Å². The van der Waals surface area contributed by atoms with Gasteiger partial charge in [-0.25, -0.2) is 9.97 Å². The number of hydrogen-bond donors (Lipinski definition) is 0. The van der Waals surface area contributed by atoms with Crippen molar-refractivity contribution in [2.75, 3.05) is 18.0 Å². The molecule has 4 rings (SSSR count). The van der Waals surface area contributed by atoms with Gasteiger partial charge in [0, 0.05) is 48.5 Å². The van der Waals surface area contributed by atoms with Crippen LogP contribution in [0, 0.1) is 6.92 Å². The number of alkyl halides is 3. The minimum Gasteiger partial charge on any atom is -0.372 e. The fourth-order valence-electron chi connectivity index (χ4n) is 3.82. The summed E-state index contributed by atoms with van der Waals surface area (Å²) in [5.74, 6) is 0.364. The number of morpholine rings is 1. The molecule has 0 saturated carbocycles. The van der Waals surface area contributed by atoms with Gasteiger partial charge in [0.2, 0.25) is 5.95 Å². The van der Waals surface area contributed by atoms with E-state index in [1.165, 1.54) is 12.1 Å². The van der Waals surface area contributed by atoms with Gasteiger partial charge < -0.3 is 9.64 Å². The molecular formula is C22H23ClF3N5O. The molecule has 1 aliphatic rings. The quantitative estimate of drug-likeness (QED) is 0.544. The topological polar surface area (TPSA) is 64.0 Å². The molecule has 6 nitrogen and oxygen atoms in total. The van der Waals surface area contributed by atoms with Crippen LogP contribution < -0.4 is 4.90 Å². The minimum absolute atomic E-state index is 0. The number of anilines is 1. The molecule has 0 bridgehead atoms. The number of pyridine rings is 2. The van der Waals surface area contributed by atoms with E-state index in [2.05, 4.69) is 19.9 Å². The average molecular weight is 466 g/mol. The van der Waals surface area contributed by atoms with Gasteiger partial charge in [-0.1, -0.05) is 0 Å². The molecule has 3 aromatic rings. The van der Waals surface area contributed by atoms with E-state index in [0.717, 1.165) is 11.9 Å². The van der Waals surface area contributed by atoms with Crippen molar-refractivity contribution in [2.45, 2.75) is 39.2 Å². The van der Waals surface area contributed by atoms with Crippen molar-refractivity contribution >= 4 is 18.4 Å². The summed E-state index contributed by atoms with van der Waals surface area (Å²) in [6, 6.07) is 6.40. The second-order valence-corrected chi connectivity index (χ2v) is 7.68. The molecule has 0 spiro atoms. The van der Waals surface area contributed by atoms with Crippen LogP contribution in [0.1, 0.15) is 25.2 Å². The van der Waals surface area contributed by atoms with Crippen molar-refractivity contribution in [3.8, 4) is 22.4 Å². The minimum atomic E-state index is -4.62. The lowest BCUT2D eigenvalue weighted by Gasteiger charge is -2.35. The molecule has 0 amide bonds. The largest absolute Gasteiger partial charge is 0.434 e. The number of aryl methyl sites for hydroxylation is 1. The summed E-state index contributed by atoms with van der Waals surface area (Å²) in [6.07, 6.45) is -0.373. The first kappa shape index (κ1) is 23.9. The summed E-state index contributed by atoms with van der Waals surface area (Å²) >= 11 is 0. The maximum absolute atomic E-state index is 13.7. The Kier molecular flexibility index (Phi) is 7.00. The molecule has 2 atom stereocenters. The van der Waals surface area contributed by atoms with Gasteiger partial charge in [-0.3, -0.25) is 9.97 Å². The highest BCUT2D eigenvalue weighted by molar-refractivity contribution is 5.85. The molecule has 1 saturated heterocycles. The molecule has 3 aromatic heterocycles. The second kappa shape index (κ2) is 9.38. The highest BCUT2D eigenvalue weighted by Gasteiger charge is 2.36. The summed E-state index contributed by atoms with van der Waals surface area (Å²) in [5, 5.41) is 0. The van der Waals surface area contributed by atoms with Crippen LogP contribution in [0.2, 0.25) is 0 Å². The number of nitrogens with zero attached hydrogens (tertiary/aromatic N) is 5. The number of aromatic nitrogens is 4. The van der Waals surface area contributed by atoms with Crippen molar-refractivity contribution in [3.63, 3.8) is 0 Å². The van der Waals surface area contributed by atoms with Crippen LogP contribution >= 0.6 is 12.4 Å². The normalized spacial score (nSPS) is 18.9. The number of ether oxygens (including phenoxy) is 1. The molecule has 0 aliphatic carbocycles. The zero-order valence-electron chi connectivity index (χ0n) is 17.8. The summed E-state index contributed by atoms with van der Waals surface area (Å²) in [5.41, 5.74) is 1.04. The highest BCUT2D eigenvalue weighted by Crippen LogP contribution is 2.39. The summed E-state index contributed by atoms with van der Waals surface area (Å²) < 4.78 is 47.0. The van der Waals surface area contributed by atoms with Gasteiger partial charge in [-0.05, 0) is 50.6 Å². The van der Waals surface area contributed by atoms with Gasteiger partial charge in [0.25, 0.3) is 0 Å². The van der Waals surface area contributed by atoms with Crippen molar-refractivity contribution < 1.29 is 17.9 Å². The number of halogens is 4. The Hall–Kier alpha value is -2.78. The monoisotopic (exact) mass is 465 g/mol. The van der Waals surface area contributed by atoms with Crippen LogP contribution in [0.3, 0.4) is 0 Å². The van der Waals surface area contributed by atoms with Gasteiger partial charge in [-0.15, -0.1) is 12.4 Å². The summed E-state index contributed by atoms with van der Waals surface area (Å²) in [6.45, 7) is 6.81. The van der Waals surface area contributed by atoms with E-state index in [1.807, 2.05) is 25.7 Å². The third-order valence-electron chi connectivity index (χ3n) is 5.02. The molecular weight excluding hydrogens is 443 g/mol. The van der Waals surface area contributed by atoms with E-state index < -0.39 is 11.9 Å². The molecule has 32 heavy (non-hydrogen) atoms. The van der Waals surface area contributed by atoms with Crippen LogP contribution in [0.25, 0.3) is 22.4 Å². The first-order chi connectivity index (χ1) is 14.7. The summed E-state index contributed by atoms with van der Waals surface area (Å²) in [4.78, 5) is 18.8. The van der Waals surface area contributed by atoms with E-state index in [1.54, 1.807) is 24.5 Å². The molecule has 0 aromatic carbocycles. The molecule has 0 N–H and O–H groups in total. The number of rotatable bonds is 3. The van der Waals surface area contributed by atoms with Gasteiger partial charge in [0.05, 0.1) is 17.9 Å². The van der Waals surface area contributed by atoms with Gasteiger partial charge >= 0.3 is 6.18 Å². The van der Waals surface area contributed by atoms with Crippen LogP contribution in [-0.2, 0) is 10.9 Å². The standard InChI is InChI=1S/C22H22F3N5O.ClH/c1-13-9-16(6-8-26-13)18-10-28-21(30-11-14(2)31-15(3)12-30)29-19(18)17-5-4-7-27-20(17)22(23,24)25;/h4-10,14-15H,11-12H2,1-3H3;1H/t14-,15+;. The zero-order chi connectivity index (χ0) is 22.2. The Morgan fingerprint density at radius 2 is 1.72 bits per heavy atom. The molecule has 10 heteroatoms. The maximum Gasteiger partial charge on any atom is 0.434 e. The van der Waals surface area contributed by atoms with Crippen molar-refractivity contribution in [1.29, 1.82) is 0 Å². The highest BCUT2D eigenvalue weighted by atomic mass is 35.5. The van der Waals surface area contributed by atoms with E-state index in [9.17, 15) is 13.2 Å². The smallest absolute Gasteiger partial charge is 0.372 e. The van der Waals surface area contributed by atoms with E-state index in [0.29, 0.717) is 30.2 Å². The maximum atomic E-state index is 13.7. The molecule has 0 radical (unpaired) electrons. The average Bonchev–Trinajstić information content (AvgIpc) is 2.72. The predicted octanol–water partition coefficient (Wildman–Crippen LogP) is 4.96. The lowest BCUT2D eigenvalue weighted by Crippen LogP contribution is -2.46. The Balaban J connectivity index is 0.00000289. The predicted molar refractivity (Wildman–Crippen MR) is 118 cm³/mol. The lowest BCUT2D eigenvalue weighted by molar-refractivity contribution is -0.140. The SMILES string of the molecule is Cc1cc(-c2cnc(N3C[C@@H](C)O[C@@H](C)C3)nc2-c2cccnc2C(F)(F)F)ccn1.Cl. The van der Waals surface area contributed by atoms with Gasteiger partial charge in [-0.2, -0.15) is 13.2 Å². The first-order valence-electron chi connectivity index (χ1n) is 9.95. The van der Waals surface area contributed by atoms with Crippen LogP contribution in [0.4, 0.5) is 19.1 Å². The van der Waals surface area contributed by atoms with E-state index >= 15 is 0 Å². The molecule has 170 valence electrons. The van der Waals surface area contributed by atoms with E-state index in [-0.39, 0.29) is 35.9 Å². The molecule has 1 fully saturated rings. The van der Waals surface area contributed by atoms with E-state index in [4.69, 9.17) is 4.74 Å². The Morgan fingerprint density at radius 3 is 2.38 bits per heavy atom. The van der Waals surface area contributed by atoms with Gasteiger partial charge in [0.15, 0.2) is 5.69 Å². The molecule has 0 unspecified atom stereocenters. The summed E-state index contributed by atoms with van der Waals surface area (Å²) in [7, 11) is 0. The fourth-order valence-corrected chi connectivity index (χ4v) is 3.82. The number of hydrogen-bond acceptors (Lipinski definition) is 6. The zero-order valence-corrected chi connectivity index (χ0v) is 18.6. The van der Waals surface area contributed by atoms with Crippen molar-refractivity contribution in [3.05, 3.63) is 54.2 Å². The van der Waals surface area contributed by atoms with Crippen molar-refractivity contribution in [1.82, 2.24) is 19.9 Å². The third kappa shape index (κ3) is 4.99. The first-order valence-corrected chi connectivity index (χ1v) is 9.95. The fraction of sp³-hybridized carbons (Fsp3) is 0.364. The Bertz CT molecular complexity index is 1090. The van der Waals surface area contributed by atoms with Crippen LogP contribution in [-0.4, -0.2) is 45.2 Å². The van der Waals surface area contributed by atoms with Gasteiger partial charge in [0.1, 0.15) is 0 Å².